The van der Waals surface area contributed by atoms with Crippen molar-refractivity contribution in [3.05, 3.63) is 144 Å². The van der Waals surface area contributed by atoms with Gasteiger partial charge < -0.3 is 76.9 Å². The van der Waals surface area contributed by atoms with Crippen LogP contribution in [0.3, 0.4) is 0 Å². The van der Waals surface area contributed by atoms with Crippen LogP contribution in [0.25, 0.3) is 0 Å². The molecule has 30 heteroatoms. The number of ether oxygens (including phenoxy) is 14. The van der Waals surface area contributed by atoms with Crippen molar-refractivity contribution >= 4 is 15.6 Å². The molecule has 0 radical (unpaired) electrons. The predicted octanol–water partition coefficient (Wildman–Crippen LogP) is 12.5. The van der Waals surface area contributed by atoms with Crippen molar-refractivity contribution in [2.45, 2.75) is 51.9 Å². The van der Waals surface area contributed by atoms with Crippen molar-refractivity contribution in [1.29, 1.82) is 0 Å². The molecule has 6 rings (SSSR count). The summed E-state index contributed by atoms with van der Waals surface area (Å²) < 4.78 is 194. The molecule has 90 heavy (non-hydrogen) atoms. The average molecular weight is 1360 g/mol. The van der Waals surface area contributed by atoms with Gasteiger partial charge in [0.2, 0.25) is 0 Å². The van der Waals surface area contributed by atoms with Crippen molar-refractivity contribution in [2.75, 3.05) is 185 Å². The van der Waals surface area contributed by atoms with Gasteiger partial charge in [-0.25, -0.2) is 0 Å². The SMILES string of the molecule is C1CCOCCOCCOCCOCCOCCOCCOC1.C1CCOCCOCCOCCOCCOCCOCCOC1.F[P-](F)(F)(F)(F)F.F[P-](F)(F)(F)(F)F.c1ccc(C[NH2+]Cc2ccccc2)cc1.c1ccc(C[NH2+]Cc2ccccc2)cc1. The van der Waals surface area contributed by atoms with Gasteiger partial charge in [0, 0.05) is 48.7 Å². The van der Waals surface area contributed by atoms with E-state index in [9.17, 15) is 50.4 Å². The Bertz CT molecular complexity index is 1740. The molecule has 2 fully saturated rings. The maximum absolute atomic E-state index is 10.7. The second-order valence-corrected chi connectivity index (χ2v) is 23.1. The molecule has 0 bridgehead atoms. The van der Waals surface area contributed by atoms with Crippen LogP contribution in [0.15, 0.2) is 121 Å². The monoisotopic (exact) mass is 1360 g/mol. The summed E-state index contributed by atoms with van der Waals surface area (Å²) in [7, 11) is -21.3. The second-order valence-electron chi connectivity index (χ2n) is 19.2. The first kappa shape index (κ1) is 84.3. The molecule has 2 aliphatic rings. The Kier molecular flexibility index (Phi) is 46.6. The van der Waals surface area contributed by atoms with Gasteiger partial charge in [-0.2, -0.15) is 0 Å². The van der Waals surface area contributed by atoms with Crippen LogP contribution in [0.4, 0.5) is 50.4 Å². The van der Waals surface area contributed by atoms with Crippen LogP contribution in [0.2, 0.25) is 0 Å². The van der Waals surface area contributed by atoms with Crippen LogP contribution < -0.4 is 10.6 Å². The average Bonchev–Trinajstić information content (AvgIpc) is 1.27. The number of hydrogen-bond acceptors (Lipinski definition) is 14. The summed E-state index contributed by atoms with van der Waals surface area (Å²) in [6, 6.07) is 42.3. The fourth-order valence-electron chi connectivity index (χ4n) is 6.93. The molecule has 2 heterocycles. The molecule has 4 N–H and O–H groups in total. The third-order valence-electron chi connectivity index (χ3n) is 11.0. The molecular formula is C60H96F12N2O14P2. The summed E-state index contributed by atoms with van der Waals surface area (Å²) in [4.78, 5) is 0. The molecule has 0 aliphatic carbocycles. The van der Waals surface area contributed by atoms with Gasteiger partial charge >= 0.3 is 66.0 Å². The van der Waals surface area contributed by atoms with Crippen LogP contribution in [-0.2, 0) is 92.5 Å². The molecule has 0 amide bonds. The summed E-state index contributed by atoms with van der Waals surface area (Å²) in [6.45, 7) is 21.3. The summed E-state index contributed by atoms with van der Waals surface area (Å²) in [5.74, 6) is 0. The zero-order valence-corrected chi connectivity index (χ0v) is 53.1. The fraction of sp³-hybridized carbons (Fsp3) is 0.600. The Morgan fingerprint density at radius 1 is 0.200 bits per heavy atom. The molecule has 2 aliphatic heterocycles. The largest absolute Gasteiger partial charge is 0.339 e. The minimum atomic E-state index is -10.7. The summed E-state index contributed by atoms with van der Waals surface area (Å²) in [5.41, 5.74) is 5.53. The Hall–Kier alpha value is -3.74. The number of benzene rings is 4. The zero-order valence-electron chi connectivity index (χ0n) is 51.3. The second kappa shape index (κ2) is 49.8. The van der Waals surface area contributed by atoms with E-state index in [0.717, 1.165) is 78.3 Å². The van der Waals surface area contributed by atoms with Crippen LogP contribution in [-0.4, -0.2) is 185 Å². The quantitative estimate of drug-likeness (QED) is 0.127. The molecule has 0 atom stereocenters. The number of quaternary nitrogens is 2. The van der Waals surface area contributed by atoms with Gasteiger partial charge in [0.15, 0.2) is 0 Å². The van der Waals surface area contributed by atoms with Crippen LogP contribution in [0.5, 0.6) is 0 Å². The smallest absolute Gasteiger partial charge is 0.101 e. The van der Waals surface area contributed by atoms with Crippen molar-refractivity contribution in [3.8, 4) is 0 Å². The van der Waals surface area contributed by atoms with Crippen LogP contribution in [0, 0.1) is 0 Å². The molecule has 0 aromatic heterocycles. The minimum Gasteiger partial charge on any atom is -0.339 e. The summed E-state index contributed by atoms with van der Waals surface area (Å²) in [6.07, 6.45) is 3.99. The number of hydrogen-bond donors (Lipinski definition) is 2. The molecule has 4 aromatic rings. The number of nitrogens with two attached hydrogens (primary N) is 2. The van der Waals surface area contributed by atoms with Crippen LogP contribution in [0.1, 0.15) is 47.9 Å². The van der Waals surface area contributed by atoms with E-state index >= 15 is 0 Å². The van der Waals surface area contributed by atoms with E-state index in [4.69, 9.17) is 66.3 Å². The third-order valence-corrected chi connectivity index (χ3v) is 11.0. The first-order valence-electron chi connectivity index (χ1n) is 29.8. The normalized spacial score (nSPS) is 19.2. The van der Waals surface area contributed by atoms with E-state index in [1.165, 1.54) is 22.3 Å². The Balaban J connectivity index is 0.000000566. The molecule has 0 saturated carbocycles. The predicted molar refractivity (Wildman–Crippen MR) is 322 cm³/mol. The van der Waals surface area contributed by atoms with E-state index in [2.05, 4.69) is 132 Å². The van der Waals surface area contributed by atoms with Gasteiger partial charge in [0.25, 0.3) is 0 Å². The molecular weight excluding hydrogens is 1260 g/mol. The Morgan fingerprint density at radius 2 is 0.311 bits per heavy atom. The van der Waals surface area contributed by atoms with E-state index in [0.29, 0.717) is 159 Å². The van der Waals surface area contributed by atoms with Crippen molar-refractivity contribution in [3.63, 3.8) is 0 Å². The first-order chi connectivity index (χ1) is 42.8. The van der Waals surface area contributed by atoms with Gasteiger partial charge in [-0.1, -0.05) is 121 Å². The van der Waals surface area contributed by atoms with Gasteiger partial charge in [-0.3, -0.25) is 0 Å². The fourth-order valence-corrected chi connectivity index (χ4v) is 6.93. The van der Waals surface area contributed by atoms with E-state index in [-0.39, 0.29) is 0 Å². The van der Waals surface area contributed by atoms with E-state index < -0.39 is 15.6 Å². The summed E-state index contributed by atoms with van der Waals surface area (Å²) >= 11 is 0. The zero-order chi connectivity index (χ0) is 66.0. The molecule has 524 valence electrons. The van der Waals surface area contributed by atoms with Crippen molar-refractivity contribution in [1.82, 2.24) is 0 Å². The third kappa shape index (κ3) is 78.5. The Morgan fingerprint density at radius 3 is 0.433 bits per heavy atom. The van der Waals surface area contributed by atoms with Gasteiger partial charge in [-0.15, -0.1) is 0 Å². The number of halogens is 12. The van der Waals surface area contributed by atoms with Crippen molar-refractivity contribution < 1.29 is 127 Å². The first-order valence-corrected chi connectivity index (χ1v) is 33.9. The maximum Gasteiger partial charge on any atom is 0.101 e. The summed E-state index contributed by atoms with van der Waals surface area (Å²) in [5, 5.41) is 4.65. The molecule has 0 unspecified atom stereocenters. The molecule has 2 saturated heterocycles. The maximum atomic E-state index is 9.87. The van der Waals surface area contributed by atoms with Crippen molar-refractivity contribution in [2.24, 2.45) is 0 Å². The molecule has 0 spiro atoms. The van der Waals surface area contributed by atoms with Crippen LogP contribution >= 0.6 is 15.6 Å². The molecule has 4 aromatic carbocycles. The standard InChI is InChI=1S/2C16H32O7.2C14H15N.2F6P/c2*1-2-4-18-6-8-20-10-12-22-14-16-23-15-13-21-11-9-19-7-5-17-3-1;2*1-3-7-13(8-4-1)11-15-12-14-9-5-2-6-10-14;2*1-7(2,3,4,5)6/h2*1-16H2;2*1-10,15H,11-12H2;;/q;;;;2*-1/p+2. The van der Waals surface area contributed by atoms with Gasteiger partial charge in [0.1, 0.15) is 26.2 Å². The van der Waals surface area contributed by atoms with E-state index in [1.807, 2.05) is 0 Å². The molecule has 16 nitrogen and oxygen atoms in total. The Labute approximate surface area is 521 Å². The van der Waals surface area contributed by atoms with Gasteiger partial charge in [-0.05, 0) is 25.7 Å². The topological polar surface area (TPSA) is 162 Å². The number of rotatable bonds is 8. The van der Waals surface area contributed by atoms with Gasteiger partial charge in [0.05, 0.1) is 159 Å². The van der Waals surface area contributed by atoms with E-state index in [1.54, 1.807) is 0 Å². The minimum absolute atomic E-state index is 0.570.